The summed E-state index contributed by atoms with van der Waals surface area (Å²) in [5.41, 5.74) is -0.318. The molecule has 8 heteroatoms. The van der Waals surface area contributed by atoms with Crippen molar-refractivity contribution in [2.75, 3.05) is 13.2 Å². The van der Waals surface area contributed by atoms with Crippen LogP contribution in [0.25, 0.3) is 0 Å². The van der Waals surface area contributed by atoms with Gasteiger partial charge in [0.15, 0.2) is 11.5 Å². The van der Waals surface area contributed by atoms with Gasteiger partial charge in [0.2, 0.25) is 0 Å². The first kappa shape index (κ1) is 18.5. The van der Waals surface area contributed by atoms with E-state index in [1.165, 1.54) is 13.0 Å². The second-order valence-electron chi connectivity index (χ2n) is 5.91. The van der Waals surface area contributed by atoms with Crippen molar-refractivity contribution < 1.29 is 29.3 Å². The number of hydrogen-bond acceptors (Lipinski definition) is 6. The summed E-state index contributed by atoms with van der Waals surface area (Å²) in [7, 11) is 0. The minimum atomic E-state index is -1.03. The van der Waals surface area contributed by atoms with E-state index in [1.807, 2.05) is 0 Å². The Bertz CT molecular complexity index is 568. The van der Waals surface area contributed by atoms with Gasteiger partial charge in [0, 0.05) is 6.07 Å². The van der Waals surface area contributed by atoms with Crippen molar-refractivity contribution in [3.05, 3.63) is 18.0 Å². The molecule has 0 aliphatic rings. The molecule has 1 rings (SSSR count). The van der Waals surface area contributed by atoms with E-state index in [0.29, 0.717) is 0 Å². The molecule has 0 spiro atoms. The average Bonchev–Trinajstić information content (AvgIpc) is 2.42. The largest absolute Gasteiger partial charge is 0.503 e. The fraction of sp³-hybridized carbons (Fsp3) is 0.533. The summed E-state index contributed by atoms with van der Waals surface area (Å²) < 4.78 is 10.4. The molecular weight excluding hydrogens is 304 g/mol. The third-order valence-electron chi connectivity index (χ3n) is 2.71. The topological polar surface area (TPSA) is 118 Å². The van der Waals surface area contributed by atoms with Gasteiger partial charge in [0.05, 0.1) is 24.4 Å². The van der Waals surface area contributed by atoms with Crippen LogP contribution in [0.3, 0.4) is 0 Å². The number of nitrogens with one attached hydrogen (secondary N) is 1. The van der Waals surface area contributed by atoms with Crippen molar-refractivity contribution in [2.24, 2.45) is 0 Å². The summed E-state index contributed by atoms with van der Waals surface area (Å²) in [4.78, 5) is 26.2. The van der Waals surface area contributed by atoms with Crippen LogP contribution in [0.15, 0.2) is 12.3 Å². The van der Waals surface area contributed by atoms with E-state index in [0.717, 1.165) is 6.20 Å². The molecule has 0 aromatic carbocycles. The van der Waals surface area contributed by atoms with E-state index in [2.05, 4.69) is 10.3 Å². The van der Waals surface area contributed by atoms with Crippen LogP contribution in [0.1, 0.15) is 39.3 Å². The Morgan fingerprint density at radius 2 is 2.04 bits per heavy atom. The van der Waals surface area contributed by atoms with Gasteiger partial charge in [-0.25, -0.2) is 4.79 Å². The number of ether oxygens (including phenoxy) is 2. The van der Waals surface area contributed by atoms with Gasteiger partial charge in [-0.2, -0.15) is 0 Å². The van der Waals surface area contributed by atoms with Crippen molar-refractivity contribution in [1.82, 2.24) is 10.3 Å². The highest BCUT2D eigenvalue weighted by molar-refractivity contribution is 5.75. The van der Waals surface area contributed by atoms with Gasteiger partial charge in [0.25, 0.3) is 0 Å². The average molecular weight is 326 g/mol. The number of carboxylic acid groups (broad SMARTS) is 1. The Morgan fingerprint density at radius 3 is 2.61 bits per heavy atom. The van der Waals surface area contributed by atoms with Gasteiger partial charge in [-0.05, 0) is 27.7 Å². The van der Waals surface area contributed by atoms with Crippen molar-refractivity contribution in [3.63, 3.8) is 0 Å². The van der Waals surface area contributed by atoms with E-state index < -0.39 is 23.6 Å². The molecule has 1 aromatic rings. The third kappa shape index (κ3) is 6.41. The fourth-order valence-electron chi connectivity index (χ4n) is 1.55. The second kappa shape index (κ2) is 7.66. The van der Waals surface area contributed by atoms with E-state index >= 15 is 0 Å². The normalized spacial score (nSPS) is 12.3. The molecule has 23 heavy (non-hydrogen) atoms. The number of aliphatic carboxylic acids is 1. The Balaban J connectivity index is 2.53. The lowest BCUT2D eigenvalue weighted by molar-refractivity contribution is -0.138. The molecule has 8 nitrogen and oxygen atoms in total. The van der Waals surface area contributed by atoms with Crippen LogP contribution in [0.4, 0.5) is 4.79 Å². The molecule has 1 aromatic heterocycles. The molecule has 3 N–H and O–H groups in total. The lowest BCUT2D eigenvalue weighted by Gasteiger charge is -2.19. The van der Waals surface area contributed by atoms with Gasteiger partial charge >= 0.3 is 12.1 Å². The third-order valence-corrected chi connectivity index (χ3v) is 2.71. The molecule has 0 fully saturated rings. The molecule has 0 saturated heterocycles. The minimum Gasteiger partial charge on any atom is -0.503 e. The number of alkyl carbamates (subject to hydrolysis) is 1. The number of carbonyl (C=O) groups excluding carboxylic acids is 1. The SMILES string of the molecule is CC(C(=O)O)c1cc(OCCNC(=O)OC(C)(C)C)c(O)cn1. The smallest absolute Gasteiger partial charge is 0.407 e. The predicted molar refractivity (Wildman–Crippen MR) is 81.7 cm³/mol. The first-order valence-corrected chi connectivity index (χ1v) is 7.11. The van der Waals surface area contributed by atoms with Crippen LogP contribution in [0, 0.1) is 0 Å². The lowest BCUT2D eigenvalue weighted by atomic mass is 10.1. The summed E-state index contributed by atoms with van der Waals surface area (Å²) in [6.45, 7) is 6.99. The van der Waals surface area contributed by atoms with Crippen molar-refractivity contribution in [1.29, 1.82) is 0 Å². The number of carbonyl (C=O) groups is 2. The molecule has 1 amide bonds. The zero-order chi connectivity index (χ0) is 17.6. The highest BCUT2D eigenvalue weighted by Gasteiger charge is 2.18. The first-order chi connectivity index (χ1) is 10.6. The monoisotopic (exact) mass is 326 g/mol. The van der Waals surface area contributed by atoms with E-state index in [9.17, 15) is 14.7 Å². The van der Waals surface area contributed by atoms with Crippen molar-refractivity contribution in [2.45, 2.75) is 39.2 Å². The first-order valence-electron chi connectivity index (χ1n) is 7.11. The predicted octanol–water partition coefficient (Wildman–Crippen LogP) is 1.88. The molecule has 0 aliphatic heterocycles. The van der Waals surface area contributed by atoms with Gasteiger partial charge in [-0.1, -0.05) is 0 Å². The highest BCUT2D eigenvalue weighted by atomic mass is 16.6. The second-order valence-corrected chi connectivity index (χ2v) is 5.91. The molecule has 1 unspecified atom stereocenters. The highest BCUT2D eigenvalue weighted by Crippen LogP contribution is 2.27. The Labute approximate surface area is 134 Å². The number of aromatic hydroxyl groups is 1. The fourth-order valence-corrected chi connectivity index (χ4v) is 1.55. The van der Waals surface area contributed by atoms with Crippen LogP contribution in [-0.4, -0.2) is 46.0 Å². The van der Waals surface area contributed by atoms with E-state index in [4.69, 9.17) is 14.6 Å². The number of aromatic nitrogens is 1. The minimum absolute atomic E-state index is 0.0811. The lowest BCUT2D eigenvalue weighted by Crippen LogP contribution is -2.34. The summed E-state index contributed by atoms with van der Waals surface area (Å²) in [5.74, 6) is -1.95. The summed E-state index contributed by atoms with van der Waals surface area (Å²) in [6.07, 6.45) is 0.561. The van der Waals surface area contributed by atoms with Crippen LogP contribution in [0.5, 0.6) is 11.5 Å². The van der Waals surface area contributed by atoms with Crippen LogP contribution in [0.2, 0.25) is 0 Å². The van der Waals surface area contributed by atoms with E-state index in [-0.39, 0.29) is 30.3 Å². The zero-order valence-electron chi connectivity index (χ0n) is 13.6. The van der Waals surface area contributed by atoms with Crippen LogP contribution in [-0.2, 0) is 9.53 Å². The summed E-state index contributed by atoms with van der Waals surface area (Å²) >= 11 is 0. The number of pyridine rings is 1. The van der Waals surface area contributed by atoms with Crippen LogP contribution >= 0.6 is 0 Å². The number of carboxylic acids is 1. The Kier molecular flexibility index (Phi) is 6.18. The van der Waals surface area contributed by atoms with Crippen LogP contribution < -0.4 is 10.1 Å². The van der Waals surface area contributed by atoms with E-state index in [1.54, 1.807) is 20.8 Å². The van der Waals surface area contributed by atoms with Gasteiger partial charge in [0.1, 0.15) is 12.2 Å². The molecule has 0 aliphatic carbocycles. The molecule has 0 radical (unpaired) electrons. The molecule has 128 valence electrons. The Morgan fingerprint density at radius 1 is 1.39 bits per heavy atom. The molecule has 1 atom stereocenters. The van der Waals surface area contributed by atoms with Gasteiger partial charge in [-0.3, -0.25) is 9.78 Å². The molecule has 0 bridgehead atoms. The summed E-state index contributed by atoms with van der Waals surface area (Å²) in [5, 5.41) is 21.1. The Hall–Kier alpha value is -2.51. The summed E-state index contributed by atoms with van der Waals surface area (Å²) in [6, 6.07) is 1.36. The maximum Gasteiger partial charge on any atom is 0.407 e. The number of amides is 1. The number of nitrogens with zero attached hydrogens (tertiary/aromatic N) is 1. The maximum atomic E-state index is 11.4. The molecule has 0 saturated carbocycles. The van der Waals surface area contributed by atoms with Crippen molar-refractivity contribution >= 4 is 12.1 Å². The van der Waals surface area contributed by atoms with Gasteiger partial charge < -0.3 is 25.0 Å². The number of hydrogen-bond donors (Lipinski definition) is 3. The standard InChI is InChI=1S/C15H22N2O6/c1-9(13(19)20)10-7-12(11(18)8-17-10)22-6-5-16-14(21)23-15(2,3)4/h7-9,18H,5-6H2,1-4H3,(H,16,21)(H,19,20). The maximum absolute atomic E-state index is 11.4. The molecule has 1 heterocycles. The molecular formula is C15H22N2O6. The van der Waals surface area contributed by atoms with Gasteiger partial charge in [-0.15, -0.1) is 0 Å². The number of rotatable bonds is 6. The zero-order valence-corrected chi connectivity index (χ0v) is 13.6. The quantitative estimate of drug-likeness (QED) is 0.683. The van der Waals surface area contributed by atoms with Crippen molar-refractivity contribution in [3.8, 4) is 11.5 Å².